The fourth-order valence-electron chi connectivity index (χ4n) is 2.50. The fourth-order valence-corrected chi connectivity index (χ4v) is 2.50. The van der Waals surface area contributed by atoms with E-state index in [-0.39, 0.29) is 11.3 Å². The van der Waals surface area contributed by atoms with E-state index in [1.54, 1.807) is 7.11 Å². The van der Waals surface area contributed by atoms with E-state index < -0.39 is 0 Å². The highest BCUT2D eigenvalue weighted by Crippen LogP contribution is 2.39. The summed E-state index contributed by atoms with van der Waals surface area (Å²) in [6.07, 6.45) is 11.5. The van der Waals surface area contributed by atoms with E-state index in [1.807, 2.05) is 0 Å². The minimum absolute atomic E-state index is 0.0395. The van der Waals surface area contributed by atoms with Crippen LogP contribution < -0.4 is 5.73 Å². The zero-order chi connectivity index (χ0) is 11.9. The molecule has 0 saturated carbocycles. The first-order valence-electron chi connectivity index (χ1n) is 6.13. The van der Waals surface area contributed by atoms with Gasteiger partial charge in [0.25, 0.3) is 0 Å². The zero-order valence-electron chi connectivity index (χ0n) is 10.2. The van der Waals surface area contributed by atoms with Gasteiger partial charge in [-0.3, -0.25) is 4.79 Å². The lowest BCUT2D eigenvalue weighted by Gasteiger charge is -2.32. The molecular weight excluding hydrogens is 202 g/mol. The molecule has 0 unspecified atom stereocenters. The highest BCUT2D eigenvalue weighted by Gasteiger charge is 2.29. The summed E-state index contributed by atoms with van der Waals surface area (Å²) in [4.78, 5) is 11.1. The van der Waals surface area contributed by atoms with Crippen LogP contribution in [0.5, 0.6) is 0 Å². The summed E-state index contributed by atoms with van der Waals surface area (Å²) < 4.78 is 5.04. The molecule has 0 saturated heterocycles. The number of primary amides is 1. The predicted molar refractivity (Wildman–Crippen MR) is 65.0 cm³/mol. The number of carbonyl (C=O) groups excluding carboxylic acids is 1. The normalized spacial score (nSPS) is 24.6. The molecule has 3 heteroatoms. The van der Waals surface area contributed by atoms with Gasteiger partial charge in [0.05, 0.1) is 0 Å². The van der Waals surface area contributed by atoms with Gasteiger partial charge in [-0.25, -0.2) is 0 Å². The molecule has 0 heterocycles. The lowest BCUT2D eigenvalue weighted by molar-refractivity contribution is -0.120. The van der Waals surface area contributed by atoms with Gasteiger partial charge < -0.3 is 10.5 Å². The SMILES string of the molecule is COCCCC[C@]1(CC(N)=O)C=CCCC1. The standard InChI is InChI=1S/C13H23NO2/c1-16-10-6-5-9-13(11-12(14)15)7-3-2-4-8-13/h3,7H,2,4-6,8-11H2,1H3,(H2,14,15)/t13-/m0/s1. The third kappa shape index (κ3) is 4.35. The van der Waals surface area contributed by atoms with E-state index in [1.165, 1.54) is 6.42 Å². The molecule has 0 bridgehead atoms. The number of allylic oxidation sites excluding steroid dienone is 2. The molecule has 0 fully saturated rings. The molecule has 1 rings (SSSR count). The molecule has 0 aromatic carbocycles. The van der Waals surface area contributed by atoms with E-state index in [0.717, 1.165) is 38.7 Å². The van der Waals surface area contributed by atoms with Crippen LogP contribution in [-0.2, 0) is 9.53 Å². The van der Waals surface area contributed by atoms with Crippen LogP contribution in [0, 0.1) is 5.41 Å². The van der Waals surface area contributed by atoms with Crippen molar-refractivity contribution in [1.29, 1.82) is 0 Å². The van der Waals surface area contributed by atoms with Gasteiger partial charge in [-0.15, -0.1) is 0 Å². The molecule has 92 valence electrons. The number of hydrogen-bond donors (Lipinski definition) is 1. The third-order valence-electron chi connectivity index (χ3n) is 3.32. The molecule has 1 atom stereocenters. The molecular formula is C13H23NO2. The third-order valence-corrected chi connectivity index (χ3v) is 3.32. The van der Waals surface area contributed by atoms with Gasteiger partial charge in [-0.05, 0) is 37.5 Å². The summed E-state index contributed by atoms with van der Waals surface area (Å²) in [7, 11) is 1.72. The van der Waals surface area contributed by atoms with Crippen molar-refractivity contribution in [2.75, 3.05) is 13.7 Å². The summed E-state index contributed by atoms with van der Waals surface area (Å²) >= 11 is 0. The van der Waals surface area contributed by atoms with Crippen LogP contribution in [0.25, 0.3) is 0 Å². The molecule has 3 nitrogen and oxygen atoms in total. The largest absolute Gasteiger partial charge is 0.385 e. The topological polar surface area (TPSA) is 52.3 Å². The van der Waals surface area contributed by atoms with Gasteiger partial charge in [-0.1, -0.05) is 18.6 Å². The Balaban J connectivity index is 2.46. The molecule has 1 aliphatic rings. The fraction of sp³-hybridized carbons (Fsp3) is 0.769. The molecule has 16 heavy (non-hydrogen) atoms. The lowest BCUT2D eigenvalue weighted by Crippen LogP contribution is -2.28. The number of methoxy groups -OCH3 is 1. The Bertz CT molecular complexity index is 250. The van der Waals surface area contributed by atoms with Crippen LogP contribution in [0.1, 0.15) is 44.9 Å². The Morgan fingerprint density at radius 3 is 2.88 bits per heavy atom. The van der Waals surface area contributed by atoms with Crippen molar-refractivity contribution in [3.8, 4) is 0 Å². The van der Waals surface area contributed by atoms with Gasteiger partial charge in [0, 0.05) is 20.1 Å². The van der Waals surface area contributed by atoms with Gasteiger partial charge in [-0.2, -0.15) is 0 Å². The van der Waals surface area contributed by atoms with Crippen molar-refractivity contribution in [3.05, 3.63) is 12.2 Å². The molecule has 0 aromatic heterocycles. The number of unbranched alkanes of at least 4 members (excludes halogenated alkanes) is 1. The molecule has 1 amide bonds. The highest BCUT2D eigenvalue weighted by atomic mass is 16.5. The van der Waals surface area contributed by atoms with Crippen molar-refractivity contribution >= 4 is 5.91 Å². The first-order chi connectivity index (χ1) is 7.68. The first kappa shape index (κ1) is 13.2. The number of rotatable bonds is 7. The second-order valence-electron chi connectivity index (χ2n) is 4.75. The minimum atomic E-state index is -0.182. The molecule has 2 N–H and O–H groups in total. The number of ether oxygens (including phenoxy) is 1. The van der Waals surface area contributed by atoms with Crippen LogP contribution in [0.3, 0.4) is 0 Å². The second-order valence-corrected chi connectivity index (χ2v) is 4.75. The molecule has 0 spiro atoms. The minimum Gasteiger partial charge on any atom is -0.385 e. The van der Waals surface area contributed by atoms with Crippen molar-refractivity contribution in [2.45, 2.75) is 44.9 Å². The van der Waals surface area contributed by atoms with Gasteiger partial charge >= 0.3 is 0 Å². The van der Waals surface area contributed by atoms with Crippen molar-refractivity contribution < 1.29 is 9.53 Å². The van der Waals surface area contributed by atoms with E-state index in [2.05, 4.69) is 12.2 Å². The molecule has 0 aliphatic heterocycles. The van der Waals surface area contributed by atoms with Crippen LogP contribution in [0.15, 0.2) is 12.2 Å². The maximum atomic E-state index is 11.1. The molecule has 1 aliphatic carbocycles. The number of carbonyl (C=O) groups is 1. The summed E-state index contributed by atoms with van der Waals surface area (Å²) in [5.41, 5.74) is 5.38. The van der Waals surface area contributed by atoms with Crippen molar-refractivity contribution in [2.24, 2.45) is 11.1 Å². The van der Waals surface area contributed by atoms with Gasteiger partial charge in [0.2, 0.25) is 5.91 Å². The lowest BCUT2D eigenvalue weighted by atomic mass is 9.73. The Labute approximate surface area is 98.0 Å². The van der Waals surface area contributed by atoms with E-state index in [9.17, 15) is 4.79 Å². The van der Waals surface area contributed by atoms with E-state index >= 15 is 0 Å². The number of hydrogen-bond acceptors (Lipinski definition) is 2. The van der Waals surface area contributed by atoms with Crippen LogP contribution in [0.2, 0.25) is 0 Å². The number of amides is 1. The van der Waals surface area contributed by atoms with Gasteiger partial charge in [0.1, 0.15) is 0 Å². The monoisotopic (exact) mass is 225 g/mol. The van der Waals surface area contributed by atoms with Crippen molar-refractivity contribution in [3.63, 3.8) is 0 Å². The quantitative estimate of drug-likeness (QED) is 0.534. The van der Waals surface area contributed by atoms with Crippen LogP contribution in [-0.4, -0.2) is 19.6 Å². The summed E-state index contributed by atoms with van der Waals surface area (Å²) in [6.45, 7) is 0.802. The smallest absolute Gasteiger partial charge is 0.218 e. The van der Waals surface area contributed by atoms with Crippen LogP contribution >= 0.6 is 0 Å². The second kappa shape index (κ2) is 6.69. The average Bonchev–Trinajstić information content (AvgIpc) is 2.25. The summed E-state index contributed by atoms with van der Waals surface area (Å²) in [5, 5.41) is 0. The Morgan fingerprint density at radius 1 is 1.50 bits per heavy atom. The van der Waals surface area contributed by atoms with Crippen LogP contribution in [0.4, 0.5) is 0 Å². The maximum Gasteiger partial charge on any atom is 0.218 e. The van der Waals surface area contributed by atoms with E-state index in [0.29, 0.717) is 6.42 Å². The average molecular weight is 225 g/mol. The number of nitrogens with two attached hydrogens (primary N) is 1. The first-order valence-corrected chi connectivity index (χ1v) is 6.13. The molecule has 0 radical (unpaired) electrons. The summed E-state index contributed by atoms with van der Waals surface area (Å²) in [6, 6.07) is 0. The Hall–Kier alpha value is -0.830. The summed E-state index contributed by atoms with van der Waals surface area (Å²) in [5.74, 6) is -0.182. The Kier molecular flexibility index (Phi) is 5.53. The molecule has 0 aromatic rings. The Morgan fingerprint density at radius 2 is 2.31 bits per heavy atom. The van der Waals surface area contributed by atoms with Crippen molar-refractivity contribution in [1.82, 2.24) is 0 Å². The highest BCUT2D eigenvalue weighted by molar-refractivity contribution is 5.74. The zero-order valence-corrected chi connectivity index (χ0v) is 10.2. The predicted octanol–water partition coefficient (Wildman–Crippen LogP) is 2.41. The van der Waals surface area contributed by atoms with Gasteiger partial charge in [0.15, 0.2) is 0 Å². The van der Waals surface area contributed by atoms with E-state index in [4.69, 9.17) is 10.5 Å². The maximum absolute atomic E-state index is 11.1.